The van der Waals surface area contributed by atoms with Crippen LogP contribution in [0.5, 0.6) is 0 Å². The van der Waals surface area contributed by atoms with E-state index in [9.17, 15) is 4.79 Å². The topological polar surface area (TPSA) is 54.6 Å². The molecule has 0 spiro atoms. The minimum Gasteiger partial charge on any atom is -0.457 e. The summed E-state index contributed by atoms with van der Waals surface area (Å²) in [5.74, 6) is 0.942. The Kier molecular flexibility index (Phi) is 5.07. The average molecular weight is 415 g/mol. The first-order valence-corrected chi connectivity index (χ1v) is 9.55. The Balaban J connectivity index is 1.57. The number of amides is 1. The summed E-state index contributed by atoms with van der Waals surface area (Å²) in [6, 6.07) is 18.2. The molecule has 27 heavy (non-hydrogen) atoms. The van der Waals surface area contributed by atoms with Gasteiger partial charge in [0.05, 0.1) is 15.6 Å². The monoisotopic (exact) mass is 414 g/mol. The molecule has 2 heterocycles. The Morgan fingerprint density at radius 1 is 1.04 bits per heavy atom. The van der Waals surface area contributed by atoms with E-state index in [1.807, 2.05) is 30.3 Å². The highest BCUT2D eigenvalue weighted by Gasteiger charge is 2.24. The molecule has 0 radical (unpaired) electrons. The first-order valence-electron chi connectivity index (χ1n) is 7.98. The maximum atomic E-state index is 12.2. The molecule has 0 bridgehead atoms. The smallest absolute Gasteiger partial charge is 0.264 e. The molecule has 1 aliphatic rings. The standard InChI is InChI=1S/C20H12Cl2N2O2S/c21-12-6-8-15(16(22)10-12)17-9-7-14(26-17)11-18-19(25)24-20(27-18)23-13-4-2-1-3-5-13/h1-11H,(H,23,24,25). The predicted molar refractivity (Wildman–Crippen MR) is 111 cm³/mol. The van der Waals surface area contributed by atoms with E-state index >= 15 is 0 Å². The van der Waals surface area contributed by atoms with E-state index in [1.54, 1.807) is 36.4 Å². The van der Waals surface area contributed by atoms with Crippen molar-refractivity contribution in [2.75, 3.05) is 0 Å². The van der Waals surface area contributed by atoms with Gasteiger partial charge < -0.3 is 9.73 Å². The summed E-state index contributed by atoms with van der Waals surface area (Å²) in [6.07, 6.45) is 1.68. The van der Waals surface area contributed by atoms with Crippen LogP contribution in [0, 0.1) is 0 Å². The van der Waals surface area contributed by atoms with Crippen molar-refractivity contribution < 1.29 is 9.21 Å². The van der Waals surface area contributed by atoms with Crippen molar-refractivity contribution in [3.8, 4) is 11.3 Å². The Hall–Kier alpha value is -2.47. The van der Waals surface area contributed by atoms with E-state index in [4.69, 9.17) is 27.6 Å². The van der Waals surface area contributed by atoms with Crippen LogP contribution in [0.3, 0.4) is 0 Å². The number of para-hydroxylation sites is 1. The molecule has 1 aromatic heterocycles. The molecular formula is C20H12Cl2N2O2S. The fourth-order valence-corrected chi connectivity index (χ4v) is 3.82. The number of rotatable bonds is 3. The van der Waals surface area contributed by atoms with Crippen molar-refractivity contribution in [3.05, 3.63) is 81.4 Å². The molecule has 1 N–H and O–H groups in total. The molecule has 0 atom stereocenters. The van der Waals surface area contributed by atoms with Gasteiger partial charge in [-0.3, -0.25) is 4.79 Å². The van der Waals surface area contributed by atoms with Crippen molar-refractivity contribution >= 4 is 57.8 Å². The Morgan fingerprint density at radius 3 is 2.63 bits per heavy atom. The zero-order chi connectivity index (χ0) is 18.8. The summed E-state index contributed by atoms with van der Waals surface area (Å²) in [4.78, 5) is 17.1. The van der Waals surface area contributed by atoms with Gasteiger partial charge in [0, 0.05) is 16.7 Å². The van der Waals surface area contributed by atoms with Gasteiger partial charge in [-0.05, 0) is 54.2 Å². The summed E-state index contributed by atoms with van der Waals surface area (Å²) in [5.41, 5.74) is 1.51. The zero-order valence-electron chi connectivity index (χ0n) is 13.8. The van der Waals surface area contributed by atoms with Crippen LogP contribution >= 0.6 is 35.0 Å². The minimum atomic E-state index is -0.211. The number of benzene rings is 2. The number of aliphatic imine (C=N–C) groups is 1. The van der Waals surface area contributed by atoms with E-state index in [2.05, 4.69) is 10.3 Å². The molecule has 1 fully saturated rings. The normalized spacial score (nSPS) is 16.9. The van der Waals surface area contributed by atoms with Crippen LogP contribution in [0.25, 0.3) is 17.4 Å². The maximum absolute atomic E-state index is 12.2. The maximum Gasteiger partial charge on any atom is 0.264 e. The van der Waals surface area contributed by atoms with Crippen molar-refractivity contribution in [1.82, 2.24) is 5.32 Å². The molecule has 3 aromatic rings. The largest absolute Gasteiger partial charge is 0.457 e. The van der Waals surface area contributed by atoms with Crippen molar-refractivity contribution in [1.29, 1.82) is 0 Å². The number of hydrogen-bond acceptors (Lipinski definition) is 4. The second kappa shape index (κ2) is 7.64. The minimum absolute atomic E-state index is 0.211. The molecular weight excluding hydrogens is 403 g/mol. The van der Waals surface area contributed by atoms with Crippen molar-refractivity contribution in [3.63, 3.8) is 0 Å². The number of thioether (sulfide) groups is 1. The van der Waals surface area contributed by atoms with Gasteiger partial charge in [-0.2, -0.15) is 0 Å². The molecule has 1 saturated heterocycles. The fraction of sp³-hybridized carbons (Fsp3) is 0. The zero-order valence-corrected chi connectivity index (χ0v) is 16.1. The van der Waals surface area contributed by atoms with Crippen LogP contribution in [0.1, 0.15) is 5.76 Å². The molecule has 4 nitrogen and oxygen atoms in total. The van der Waals surface area contributed by atoms with E-state index < -0.39 is 0 Å². The highest BCUT2D eigenvalue weighted by Crippen LogP contribution is 2.33. The van der Waals surface area contributed by atoms with E-state index in [-0.39, 0.29) is 5.91 Å². The van der Waals surface area contributed by atoms with Crippen molar-refractivity contribution in [2.24, 2.45) is 4.99 Å². The first-order chi connectivity index (χ1) is 13.1. The van der Waals surface area contributed by atoms with Crippen LogP contribution in [0.15, 0.2) is 75.0 Å². The van der Waals surface area contributed by atoms with Crippen LogP contribution in [-0.2, 0) is 4.79 Å². The lowest BCUT2D eigenvalue weighted by atomic mass is 10.2. The van der Waals surface area contributed by atoms with Gasteiger partial charge in [-0.1, -0.05) is 41.4 Å². The molecule has 7 heteroatoms. The molecule has 1 aliphatic heterocycles. The molecule has 4 rings (SSSR count). The van der Waals surface area contributed by atoms with Gasteiger partial charge >= 0.3 is 0 Å². The number of carbonyl (C=O) groups is 1. The van der Waals surface area contributed by atoms with Gasteiger partial charge in [0.15, 0.2) is 5.17 Å². The average Bonchev–Trinajstić information content (AvgIpc) is 3.23. The van der Waals surface area contributed by atoms with E-state index in [0.29, 0.717) is 31.6 Å². The van der Waals surface area contributed by atoms with Gasteiger partial charge in [0.25, 0.3) is 5.91 Å². The van der Waals surface area contributed by atoms with Gasteiger partial charge in [0.1, 0.15) is 11.5 Å². The summed E-state index contributed by atoms with van der Waals surface area (Å²) in [5, 5.41) is 4.35. The number of furan rings is 1. The third kappa shape index (κ3) is 4.11. The first kappa shape index (κ1) is 17.9. The third-order valence-electron chi connectivity index (χ3n) is 3.73. The number of halogens is 2. The molecule has 0 saturated carbocycles. The lowest BCUT2D eigenvalue weighted by Gasteiger charge is -2.00. The fourth-order valence-electron chi connectivity index (χ4n) is 2.49. The summed E-state index contributed by atoms with van der Waals surface area (Å²) < 4.78 is 5.82. The number of hydrogen-bond donors (Lipinski definition) is 1. The second-order valence-corrected chi connectivity index (χ2v) is 7.52. The Bertz CT molecular complexity index is 1070. The lowest BCUT2D eigenvalue weighted by molar-refractivity contribution is -0.115. The number of carbonyl (C=O) groups excluding carboxylic acids is 1. The number of nitrogens with one attached hydrogen (secondary N) is 1. The van der Waals surface area contributed by atoms with Crippen molar-refractivity contribution in [2.45, 2.75) is 0 Å². The van der Waals surface area contributed by atoms with Gasteiger partial charge in [-0.15, -0.1) is 0 Å². The number of amidine groups is 1. The predicted octanol–water partition coefficient (Wildman–Crippen LogP) is 6.15. The van der Waals surface area contributed by atoms with Crippen LogP contribution < -0.4 is 5.32 Å². The van der Waals surface area contributed by atoms with E-state index in [1.165, 1.54) is 11.8 Å². The molecule has 0 unspecified atom stereocenters. The van der Waals surface area contributed by atoms with Crippen LogP contribution in [0.2, 0.25) is 10.0 Å². The lowest BCUT2D eigenvalue weighted by Crippen LogP contribution is -2.19. The molecule has 1 amide bonds. The van der Waals surface area contributed by atoms with E-state index in [0.717, 1.165) is 11.3 Å². The van der Waals surface area contributed by atoms with Crippen LogP contribution in [-0.4, -0.2) is 11.1 Å². The number of nitrogens with zero attached hydrogens (tertiary/aromatic N) is 1. The molecule has 0 aliphatic carbocycles. The molecule has 2 aromatic carbocycles. The molecule has 134 valence electrons. The summed E-state index contributed by atoms with van der Waals surface area (Å²) in [6.45, 7) is 0. The van der Waals surface area contributed by atoms with Gasteiger partial charge in [0.2, 0.25) is 0 Å². The summed E-state index contributed by atoms with van der Waals surface area (Å²) in [7, 11) is 0. The van der Waals surface area contributed by atoms with Crippen LogP contribution in [0.4, 0.5) is 5.69 Å². The Morgan fingerprint density at radius 2 is 1.85 bits per heavy atom. The third-order valence-corrected chi connectivity index (χ3v) is 5.19. The highest BCUT2D eigenvalue weighted by atomic mass is 35.5. The second-order valence-electron chi connectivity index (χ2n) is 5.64. The SMILES string of the molecule is O=C1NC(=Nc2ccccc2)SC1=Cc1ccc(-c2ccc(Cl)cc2Cl)o1. The summed E-state index contributed by atoms with van der Waals surface area (Å²) >= 11 is 13.4. The Labute approximate surface area is 169 Å². The van der Waals surface area contributed by atoms with Gasteiger partial charge in [-0.25, -0.2) is 4.99 Å². The quantitative estimate of drug-likeness (QED) is 0.523. The highest BCUT2D eigenvalue weighted by molar-refractivity contribution is 8.18.